The first kappa shape index (κ1) is 12.5. The SMILES string of the molecule is [CH2-]C=O.[CH2-]n1cccc1.[Y]. The van der Waals surface area contributed by atoms with Gasteiger partial charge >= 0.3 is 0 Å². The predicted molar refractivity (Wildman–Crippen MR) is 36.6 cm³/mol. The Bertz CT molecular complexity index is 149. The van der Waals surface area contributed by atoms with Gasteiger partial charge in [0.25, 0.3) is 0 Å². The number of hydrogen-bond donors (Lipinski definition) is 0. The standard InChI is InChI=1S/C5H6N.C2H3O.Y/c1-6-4-2-3-5-6;1-2-3;/h2-5H,1H2;2H,1H2;/q2*-1;. The summed E-state index contributed by atoms with van der Waals surface area (Å²) in [4.78, 5) is 8.69. The molecule has 0 unspecified atom stereocenters. The van der Waals surface area contributed by atoms with Crippen LogP contribution in [0.15, 0.2) is 24.5 Å². The van der Waals surface area contributed by atoms with Gasteiger partial charge in [-0.25, -0.2) is 0 Å². The van der Waals surface area contributed by atoms with Crippen LogP contribution in [0.4, 0.5) is 0 Å². The van der Waals surface area contributed by atoms with Crippen molar-refractivity contribution in [3.05, 3.63) is 38.5 Å². The number of hydrogen-bond acceptors (Lipinski definition) is 1. The second kappa shape index (κ2) is 8.79. The van der Waals surface area contributed by atoms with Crippen LogP contribution < -0.4 is 0 Å². The zero-order valence-electron chi connectivity index (χ0n) is 5.73. The zero-order chi connectivity index (χ0) is 7.11. The van der Waals surface area contributed by atoms with Gasteiger partial charge in [-0.15, -0.1) is 31.6 Å². The van der Waals surface area contributed by atoms with Gasteiger partial charge in [-0.2, -0.15) is 0 Å². The molecule has 10 heavy (non-hydrogen) atoms. The molecular formula is C7H9NOY-2. The molecule has 0 amide bonds. The summed E-state index contributed by atoms with van der Waals surface area (Å²) in [7, 11) is 3.60. The van der Waals surface area contributed by atoms with Crippen molar-refractivity contribution in [3.63, 3.8) is 0 Å². The van der Waals surface area contributed by atoms with Gasteiger partial charge in [0.05, 0.1) is 0 Å². The summed E-state index contributed by atoms with van der Waals surface area (Å²) in [5.41, 5.74) is 0. The summed E-state index contributed by atoms with van der Waals surface area (Å²) in [6.45, 7) is 2.81. The van der Waals surface area contributed by atoms with Crippen molar-refractivity contribution in [1.29, 1.82) is 0 Å². The van der Waals surface area contributed by atoms with E-state index in [1.165, 1.54) is 0 Å². The number of carbonyl (C=O) groups is 1. The van der Waals surface area contributed by atoms with Crippen LogP contribution in [0.1, 0.15) is 0 Å². The quantitative estimate of drug-likeness (QED) is 0.467. The average Bonchev–Trinajstić information content (AvgIpc) is 2.20. The Hall–Kier alpha value is -0.206. The van der Waals surface area contributed by atoms with E-state index in [0.29, 0.717) is 6.29 Å². The summed E-state index contributed by atoms with van der Waals surface area (Å²) in [5, 5.41) is 0. The van der Waals surface area contributed by atoms with Crippen LogP contribution in [0.25, 0.3) is 0 Å². The number of aromatic nitrogens is 1. The van der Waals surface area contributed by atoms with E-state index < -0.39 is 0 Å². The molecule has 2 nitrogen and oxygen atoms in total. The smallest absolute Gasteiger partial charge is 0 e. The van der Waals surface area contributed by atoms with Crippen molar-refractivity contribution in [2.24, 2.45) is 0 Å². The van der Waals surface area contributed by atoms with Gasteiger partial charge in [-0.1, -0.05) is 0 Å². The third-order valence-corrected chi connectivity index (χ3v) is 0.666. The maximum atomic E-state index is 8.69. The molecule has 1 radical (unpaired) electrons. The van der Waals surface area contributed by atoms with E-state index in [0.717, 1.165) is 0 Å². The van der Waals surface area contributed by atoms with Crippen LogP contribution in [0.2, 0.25) is 0 Å². The Balaban J connectivity index is 0. The van der Waals surface area contributed by atoms with Gasteiger partial charge in [0.1, 0.15) is 0 Å². The minimum absolute atomic E-state index is 0. The third-order valence-electron chi connectivity index (χ3n) is 0.666. The summed E-state index contributed by atoms with van der Waals surface area (Å²) in [6.07, 6.45) is 4.28. The van der Waals surface area contributed by atoms with Crippen LogP contribution in [0.3, 0.4) is 0 Å². The maximum Gasteiger partial charge on any atom is 0 e. The predicted octanol–water partition coefficient (Wildman–Crippen LogP) is 1.14. The molecule has 0 saturated heterocycles. The van der Waals surface area contributed by atoms with Crippen LogP contribution in [0.5, 0.6) is 0 Å². The summed E-state index contributed by atoms with van der Waals surface area (Å²) in [5.74, 6) is 0. The Morgan fingerprint density at radius 2 is 1.60 bits per heavy atom. The molecule has 1 aromatic rings. The van der Waals surface area contributed by atoms with Crippen LogP contribution in [0, 0.1) is 14.0 Å². The van der Waals surface area contributed by atoms with E-state index in [2.05, 4.69) is 14.0 Å². The van der Waals surface area contributed by atoms with Gasteiger partial charge in [0.2, 0.25) is 0 Å². The van der Waals surface area contributed by atoms with E-state index in [-0.39, 0.29) is 32.7 Å². The zero-order valence-corrected chi connectivity index (χ0v) is 8.57. The minimum atomic E-state index is 0. The molecule has 0 bridgehead atoms. The number of nitrogens with zero attached hydrogens (tertiary/aromatic N) is 1. The normalized spacial score (nSPS) is 6.40. The van der Waals surface area contributed by atoms with Crippen molar-refractivity contribution < 1.29 is 37.5 Å². The second-order valence-electron chi connectivity index (χ2n) is 1.36. The van der Waals surface area contributed by atoms with Gasteiger partial charge < -0.3 is 16.3 Å². The molecule has 0 fully saturated rings. The largest absolute Gasteiger partial charge is 0.493 e. The molecule has 0 aliphatic heterocycles. The molecular weight excluding hydrogens is 203 g/mol. The molecule has 1 rings (SSSR count). The molecule has 3 heteroatoms. The van der Waals surface area contributed by atoms with E-state index >= 15 is 0 Å². The molecule has 0 spiro atoms. The summed E-state index contributed by atoms with van der Waals surface area (Å²) >= 11 is 0. The van der Waals surface area contributed by atoms with E-state index in [1.807, 2.05) is 24.5 Å². The van der Waals surface area contributed by atoms with Crippen LogP contribution in [-0.2, 0) is 37.5 Å². The fraction of sp³-hybridized carbons (Fsp3) is 0. The Kier molecular flexibility index (Phi) is 11.0. The summed E-state index contributed by atoms with van der Waals surface area (Å²) < 4.78 is 1.75. The number of carbonyl (C=O) groups excluding carboxylic acids is 1. The Labute approximate surface area is 86.5 Å². The Morgan fingerprint density at radius 1 is 1.30 bits per heavy atom. The molecule has 0 aliphatic rings. The molecule has 0 aromatic carbocycles. The van der Waals surface area contributed by atoms with Crippen molar-refractivity contribution >= 4 is 6.29 Å². The average molecular weight is 212 g/mol. The van der Waals surface area contributed by atoms with E-state index in [1.54, 1.807) is 4.57 Å². The second-order valence-corrected chi connectivity index (χ2v) is 1.36. The molecule has 1 aromatic heterocycles. The molecule has 53 valence electrons. The van der Waals surface area contributed by atoms with E-state index in [4.69, 9.17) is 4.79 Å². The molecule has 1 heterocycles. The first-order chi connectivity index (χ1) is 4.31. The van der Waals surface area contributed by atoms with Crippen LogP contribution >= 0.6 is 0 Å². The topological polar surface area (TPSA) is 22.0 Å². The fourth-order valence-corrected chi connectivity index (χ4v) is 0.370. The summed E-state index contributed by atoms with van der Waals surface area (Å²) in [6, 6.07) is 3.88. The van der Waals surface area contributed by atoms with E-state index in [9.17, 15) is 0 Å². The van der Waals surface area contributed by atoms with Gasteiger partial charge in [-0.05, 0) is 6.29 Å². The van der Waals surface area contributed by atoms with Gasteiger partial charge in [0.15, 0.2) is 0 Å². The van der Waals surface area contributed by atoms with Crippen molar-refractivity contribution in [3.8, 4) is 0 Å². The molecule has 0 saturated carbocycles. The molecule has 0 N–H and O–H groups in total. The van der Waals surface area contributed by atoms with Gasteiger partial charge in [0, 0.05) is 32.7 Å². The number of aldehydes is 1. The maximum absolute atomic E-state index is 8.69. The fourth-order valence-electron chi connectivity index (χ4n) is 0.370. The molecule has 0 atom stereocenters. The number of rotatable bonds is 0. The monoisotopic (exact) mass is 212 g/mol. The van der Waals surface area contributed by atoms with Crippen molar-refractivity contribution in [2.75, 3.05) is 0 Å². The third kappa shape index (κ3) is 7.79. The minimum Gasteiger partial charge on any atom is -0.493 e. The van der Waals surface area contributed by atoms with Gasteiger partial charge in [-0.3, -0.25) is 0 Å². The van der Waals surface area contributed by atoms with Crippen LogP contribution in [-0.4, -0.2) is 10.9 Å². The van der Waals surface area contributed by atoms with Crippen molar-refractivity contribution in [1.82, 2.24) is 4.57 Å². The molecule has 0 aliphatic carbocycles. The Morgan fingerprint density at radius 3 is 1.70 bits per heavy atom. The van der Waals surface area contributed by atoms with Crippen molar-refractivity contribution in [2.45, 2.75) is 0 Å². The first-order valence-corrected chi connectivity index (χ1v) is 2.48. The first-order valence-electron chi connectivity index (χ1n) is 2.48.